The molecular weight excluding hydrogens is 374 g/mol. The number of piperidine rings is 1. The average molecular weight is 406 g/mol. The van der Waals surface area contributed by atoms with Gasteiger partial charge in [0.2, 0.25) is 11.8 Å². The Kier molecular flexibility index (Phi) is 7.65. The molecule has 1 aromatic rings. The van der Waals surface area contributed by atoms with Crippen molar-refractivity contribution in [2.75, 3.05) is 39.8 Å². The van der Waals surface area contributed by atoms with Gasteiger partial charge in [-0.25, -0.2) is 0 Å². The van der Waals surface area contributed by atoms with Gasteiger partial charge in [0.15, 0.2) is 0 Å². The van der Waals surface area contributed by atoms with Gasteiger partial charge in [0.25, 0.3) is 0 Å². The summed E-state index contributed by atoms with van der Waals surface area (Å²) in [6.07, 6.45) is 7.93. The van der Waals surface area contributed by atoms with Crippen LogP contribution in [-0.2, 0) is 14.3 Å². The second-order valence-corrected chi connectivity index (χ2v) is 8.65. The number of nitrogens with one attached hydrogen (secondary N) is 1. The maximum Gasteiger partial charge on any atom is 0.244 e. The second kappa shape index (κ2) is 10.2. The molecule has 7 heteroatoms. The first-order valence-electron chi connectivity index (χ1n) is 10.1. The van der Waals surface area contributed by atoms with Crippen LogP contribution in [0.2, 0.25) is 0 Å². The molecule has 0 aliphatic carbocycles. The van der Waals surface area contributed by atoms with Crippen molar-refractivity contribution in [3.63, 3.8) is 0 Å². The number of aryl methyl sites for hydroxylation is 1. The standard InChI is InChI=1S/C21H31N3O3S/c1-16-9-13-28-19(16)5-6-20(25)22-14-21(26)24-10-7-17(8-11-24)23(2)15-18-4-3-12-27-18/h5-6,9,13,17-18H,3-4,7-8,10-12,14-15H2,1-2H3,(H,22,25). The van der Waals surface area contributed by atoms with Gasteiger partial charge >= 0.3 is 0 Å². The van der Waals surface area contributed by atoms with Gasteiger partial charge < -0.3 is 19.9 Å². The predicted octanol–water partition coefficient (Wildman–Crippen LogP) is 2.29. The van der Waals surface area contributed by atoms with E-state index < -0.39 is 0 Å². The Morgan fingerprint density at radius 1 is 1.36 bits per heavy atom. The summed E-state index contributed by atoms with van der Waals surface area (Å²) < 4.78 is 5.73. The van der Waals surface area contributed by atoms with E-state index in [1.54, 1.807) is 17.4 Å². The van der Waals surface area contributed by atoms with E-state index in [2.05, 4.69) is 17.3 Å². The SMILES string of the molecule is Cc1ccsc1C=CC(=O)NCC(=O)N1CCC(N(C)CC2CCCO2)CC1. The maximum atomic E-state index is 12.4. The molecule has 1 N–H and O–H groups in total. The summed E-state index contributed by atoms with van der Waals surface area (Å²) in [4.78, 5) is 29.7. The number of hydrogen-bond acceptors (Lipinski definition) is 5. The lowest BCUT2D eigenvalue weighted by Crippen LogP contribution is -2.49. The summed E-state index contributed by atoms with van der Waals surface area (Å²) >= 11 is 1.60. The first kappa shape index (κ1) is 21.0. The van der Waals surface area contributed by atoms with E-state index in [0.29, 0.717) is 12.1 Å². The largest absolute Gasteiger partial charge is 0.377 e. The molecule has 28 heavy (non-hydrogen) atoms. The fourth-order valence-corrected chi connectivity index (χ4v) is 4.67. The highest BCUT2D eigenvalue weighted by Gasteiger charge is 2.27. The Bertz CT molecular complexity index is 689. The lowest BCUT2D eigenvalue weighted by Gasteiger charge is -2.37. The molecule has 1 aromatic heterocycles. The van der Waals surface area contributed by atoms with Crippen LogP contribution in [0.3, 0.4) is 0 Å². The number of likely N-dealkylation sites (N-methyl/N-ethyl adjacent to an activating group) is 1. The van der Waals surface area contributed by atoms with E-state index in [9.17, 15) is 9.59 Å². The zero-order valence-corrected chi connectivity index (χ0v) is 17.7. The number of thiophene rings is 1. The smallest absolute Gasteiger partial charge is 0.244 e. The average Bonchev–Trinajstić information content (AvgIpc) is 3.36. The molecule has 3 rings (SSSR count). The molecule has 1 atom stereocenters. The van der Waals surface area contributed by atoms with Crippen molar-refractivity contribution in [1.82, 2.24) is 15.1 Å². The van der Waals surface area contributed by atoms with Gasteiger partial charge in [-0.2, -0.15) is 0 Å². The van der Waals surface area contributed by atoms with Gasteiger partial charge in [0, 0.05) is 43.2 Å². The zero-order valence-electron chi connectivity index (χ0n) is 16.9. The van der Waals surface area contributed by atoms with Crippen LogP contribution in [-0.4, -0.2) is 73.6 Å². The molecule has 0 spiro atoms. The lowest BCUT2D eigenvalue weighted by molar-refractivity contribution is -0.133. The van der Waals surface area contributed by atoms with E-state index in [0.717, 1.165) is 55.9 Å². The molecule has 0 saturated carbocycles. The third-order valence-electron chi connectivity index (χ3n) is 5.66. The Morgan fingerprint density at radius 2 is 2.14 bits per heavy atom. The maximum absolute atomic E-state index is 12.4. The normalized spacial score (nSPS) is 21.0. The highest BCUT2D eigenvalue weighted by atomic mass is 32.1. The monoisotopic (exact) mass is 405 g/mol. The van der Waals surface area contributed by atoms with E-state index in [4.69, 9.17) is 4.74 Å². The van der Waals surface area contributed by atoms with Gasteiger partial charge in [-0.1, -0.05) is 0 Å². The highest BCUT2D eigenvalue weighted by molar-refractivity contribution is 7.11. The molecule has 0 bridgehead atoms. The molecule has 154 valence electrons. The Labute approximate surface area is 171 Å². The predicted molar refractivity (Wildman–Crippen MR) is 112 cm³/mol. The number of amides is 2. The number of hydrogen-bond donors (Lipinski definition) is 1. The third-order valence-corrected chi connectivity index (χ3v) is 6.64. The van der Waals surface area contributed by atoms with E-state index in [-0.39, 0.29) is 18.4 Å². The van der Waals surface area contributed by atoms with Crippen molar-refractivity contribution in [2.24, 2.45) is 0 Å². The van der Waals surface area contributed by atoms with Gasteiger partial charge in [-0.15, -0.1) is 11.3 Å². The minimum atomic E-state index is -0.229. The molecule has 3 heterocycles. The summed E-state index contributed by atoms with van der Waals surface area (Å²) in [5, 5.41) is 4.70. The number of likely N-dealkylation sites (tertiary alicyclic amines) is 1. The van der Waals surface area contributed by atoms with Crippen LogP contribution in [0, 0.1) is 6.92 Å². The molecule has 6 nitrogen and oxygen atoms in total. The molecule has 2 saturated heterocycles. The number of carbonyl (C=O) groups excluding carboxylic acids is 2. The number of rotatable bonds is 7. The summed E-state index contributed by atoms with van der Waals surface area (Å²) in [6, 6.07) is 2.52. The molecule has 0 radical (unpaired) electrons. The van der Waals surface area contributed by atoms with Crippen LogP contribution in [0.25, 0.3) is 6.08 Å². The minimum Gasteiger partial charge on any atom is -0.377 e. The van der Waals surface area contributed by atoms with Crippen LogP contribution in [0.4, 0.5) is 0 Å². The molecule has 2 fully saturated rings. The third kappa shape index (κ3) is 5.90. The lowest BCUT2D eigenvalue weighted by atomic mass is 10.0. The second-order valence-electron chi connectivity index (χ2n) is 7.71. The number of ether oxygens (including phenoxy) is 1. The number of nitrogens with zero attached hydrogens (tertiary/aromatic N) is 2. The topological polar surface area (TPSA) is 61.9 Å². The van der Waals surface area contributed by atoms with Crippen molar-refractivity contribution < 1.29 is 14.3 Å². The Morgan fingerprint density at radius 3 is 2.79 bits per heavy atom. The fourth-order valence-electron chi connectivity index (χ4n) is 3.85. The highest BCUT2D eigenvalue weighted by Crippen LogP contribution is 2.19. The number of carbonyl (C=O) groups is 2. The Hall–Kier alpha value is -1.70. The molecular formula is C21H31N3O3S. The van der Waals surface area contributed by atoms with Gasteiger partial charge in [0.05, 0.1) is 12.6 Å². The van der Waals surface area contributed by atoms with Crippen molar-refractivity contribution >= 4 is 29.2 Å². The van der Waals surface area contributed by atoms with E-state index in [1.807, 2.05) is 23.3 Å². The molecule has 0 aromatic carbocycles. The van der Waals surface area contributed by atoms with Crippen molar-refractivity contribution in [3.8, 4) is 0 Å². The van der Waals surface area contributed by atoms with Crippen molar-refractivity contribution in [3.05, 3.63) is 28.0 Å². The first-order valence-corrected chi connectivity index (χ1v) is 11.0. The summed E-state index contributed by atoms with van der Waals surface area (Å²) in [5.74, 6) is -0.235. The summed E-state index contributed by atoms with van der Waals surface area (Å²) in [7, 11) is 2.16. The fraction of sp³-hybridized carbons (Fsp3) is 0.619. The van der Waals surface area contributed by atoms with Crippen molar-refractivity contribution in [1.29, 1.82) is 0 Å². The Balaban J connectivity index is 1.36. The molecule has 2 amide bonds. The van der Waals surface area contributed by atoms with Crippen LogP contribution < -0.4 is 5.32 Å². The van der Waals surface area contributed by atoms with Crippen LogP contribution >= 0.6 is 11.3 Å². The summed E-state index contributed by atoms with van der Waals surface area (Å²) in [6.45, 7) is 5.44. The molecule has 2 aliphatic heterocycles. The van der Waals surface area contributed by atoms with Crippen LogP contribution in [0.5, 0.6) is 0 Å². The van der Waals surface area contributed by atoms with E-state index >= 15 is 0 Å². The van der Waals surface area contributed by atoms with E-state index in [1.165, 1.54) is 12.5 Å². The van der Waals surface area contributed by atoms with Crippen molar-refractivity contribution in [2.45, 2.75) is 44.8 Å². The van der Waals surface area contributed by atoms with Gasteiger partial charge in [0.1, 0.15) is 0 Å². The minimum absolute atomic E-state index is 0.00529. The quantitative estimate of drug-likeness (QED) is 0.707. The van der Waals surface area contributed by atoms with Gasteiger partial charge in [-0.3, -0.25) is 9.59 Å². The summed E-state index contributed by atoms with van der Waals surface area (Å²) in [5.41, 5.74) is 1.15. The molecule has 2 aliphatic rings. The first-order chi connectivity index (χ1) is 13.5. The van der Waals surface area contributed by atoms with Crippen LogP contribution in [0.15, 0.2) is 17.5 Å². The zero-order chi connectivity index (χ0) is 19.9. The van der Waals surface area contributed by atoms with Crippen LogP contribution in [0.1, 0.15) is 36.1 Å². The molecule has 1 unspecified atom stereocenters. The van der Waals surface area contributed by atoms with Gasteiger partial charge in [-0.05, 0) is 62.7 Å².